The SMILES string of the molecule is SCCOc1cccc2ncccc12. The fourth-order valence-electron chi connectivity index (χ4n) is 1.36. The zero-order valence-corrected chi connectivity index (χ0v) is 8.58. The van der Waals surface area contributed by atoms with Crippen LogP contribution >= 0.6 is 12.6 Å². The van der Waals surface area contributed by atoms with Crippen molar-refractivity contribution in [2.75, 3.05) is 12.4 Å². The van der Waals surface area contributed by atoms with E-state index in [0.717, 1.165) is 22.4 Å². The van der Waals surface area contributed by atoms with E-state index in [1.165, 1.54) is 0 Å². The summed E-state index contributed by atoms with van der Waals surface area (Å²) < 4.78 is 5.55. The molecule has 0 spiro atoms. The van der Waals surface area contributed by atoms with Crippen molar-refractivity contribution >= 4 is 23.5 Å². The zero-order chi connectivity index (χ0) is 9.80. The molecule has 0 unspecified atom stereocenters. The minimum absolute atomic E-state index is 0.622. The molecule has 72 valence electrons. The van der Waals surface area contributed by atoms with Crippen LogP contribution in [0.4, 0.5) is 0 Å². The van der Waals surface area contributed by atoms with Gasteiger partial charge < -0.3 is 4.74 Å². The van der Waals surface area contributed by atoms with Crippen LogP contribution in [0.25, 0.3) is 10.9 Å². The molecule has 0 saturated heterocycles. The van der Waals surface area contributed by atoms with Gasteiger partial charge >= 0.3 is 0 Å². The van der Waals surface area contributed by atoms with Crippen molar-refractivity contribution in [1.82, 2.24) is 4.98 Å². The van der Waals surface area contributed by atoms with Gasteiger partial charge in [-0.3, -0.25) is 4.98 Å². The molecule has 0 aliphatic carbocycles. The Morgan fingerprint density at radius 3 is 3.00 bits per heavy atom. The van der Waals surface area contributed by atoms with E-state index in [2.05, 4.69) is 17.6 Å². The molecule has 2 aromatic rings. The molecular weight excluding hydrogens is 194 g/mol. The Balaban J connectivity index is 2.43. The maximum Gasteiger partial charge on any atom is 0.128 e. The highest BCUT2D eigenvalue weighted by Gasteiger charge is 2.00. The average Bonchev–Trinajstić information content (AvgIpc) is 2.26. The third-order valence-electron chi connectivity index (χ3n) is 1.95. The Morgan fingerprint density at radius 1 is 1.21 bits per heavy atom. The second-order valence-corrected chi connectivity index (χ2v) is 3.35. The monoisotopic (exact) mass is 205 g/mol. The quantitative estimate of drug-likeness (QED) is 0.778. The first kappa shape index (κ1) is 9.34. The highest BCUT2D eigenvalue weighted by atomic mass is 32.1. The largest absolute Gasteiger partial charge is 0.492 e. The third kappa shape index (κ3) is 1.82. The third-order valence-corrected chi connectivity index (χ3v) is 2.14. The number of hydrogen-bond donors (Lipinski definition) is 1. The summed E-state index contributed by atoms with van der Waals surface area (Å²) in [6.07, 6.45) is 1.78. The van der Waals surface area contributed by atoms with Gasteiger partial charge in [-0.25, -0.2) is 0 Å². The lowest BCUT2D eigenvalue weighted by molar-refractivity contribution is 0.348. The highest BCUT2D eigenvalue weighted by molar-refractivity contribution is 7.80. The van der Waals surface area contributed by atoms with Gasteiger partial charge in [0.25, 0.3) is 0 Å². The summed E-state index contributed by atoms with van der Waals surface area (Å²) in [4.78, 5) is 4.25. The molecule has 0 bridgehead atoms. The summed E-state index contributed by atoms with van der Waals surface area (Å²) in [5, 5.41) is 1.05. The van der Waals surface area contributed by atoms with Crippen LogP contribution in [0.3, 0.4) is 0 Å². The van der Waals surface area contributed by atoms with Gasteiger partial charge in [0.2, 0.25) is 0 Å². The van der Waals surface area contributed by atoms with E-state index in [4.69, 9.17) is 4.74 Å². The number of benzene rings is 1. The number of thiol groups is 1. The fraction of sp³-hybridized carbons (Fsp3) is 0.182. The number of nitrogens with zero attached hydrogens (tertiary/aromatic N) is 1. The molecule has 0 saturated carbocycles. The van der Waals surface area contributed by atoms with Crippen LogP contribution in [0.2, 0.25) is 0 Å². The summed E-state index contributed by atoms with van der Waals surface area (Å²) in [5.74, 6) is 1.60. The first-order valence-corrected chi connectivity index (χ1v) is 5.12. The predicted molar refractivity (Wildman–Crippen MR) is 61.1 cm³/mol. The van der Waals surface area contributed by atoms with Crippen molar-refractivity contribution in [3.63, 3.8) is 0 Å². The maximum atomic E-state index is 5.55. The Labute approximate surface area is 88.3 Å². The van der Waals surface area contributed by atoms with Gasteiger partial charge in [-0.2, -0.15) is 12.6 Å². The predicted octanol–water partition coefficient (Wildman–Crippen LogP) is 2.54. The second kappa shape index (κ2) is 4.33. The molecule has 2 rings (SSSR count). The second-order valence-electron chi connectivity index (χ2n) is 2.90. The van der Waals surface area contributed by atoms with Crippen molar-refractivity contribution in [1.29, 1.82) is 0 Å². The summed E-state index contributed by atoms with van der Waals surface area (Å²) in [5.41, 5.74) is 0.962. The van der Waals surface area contributed by atoms with Gasteiger partial charge in [0, 0.05) is 17.3 Å². The molecule has 1 aromatic carbocycles. The number of pyridine rings is 1. The standard InChI is InChI=1S/C11H11NOS/c14-8-7-13-11-5-1-4-10-9(11)3-2-6-12-10/h1-6,14H,7-8H2. The number of fused-ring (bicyclic) bond motifs is 1. The normalized spacial score (nSPS) is 10.4. The summed E-state index contributed by atoms with van der Waals surface area (Å²) in [6.45, 7) is 0.622. The topological polar surface area (TPSA) is 22.1 Å². The van der Waals surface area contributed by atoms with Crippen LogP contribution in [0.5, 0.6) is 5.75 Å². The number of ether oxygens (including phenoxy) is 1. The van der Waals surface area contributed by atoms with E-state index in [1.807, 2.05) is 30.3 Å². The van der Waals surface area contributed by atoms with Crippen molar-refractivity contribution in [3.05, 3.63) is 36.5 Å². The first-order chi connectivity index (χ1) is 6.92. The Kier molecular flexibility index (Phi) is 2.89. The molecule has 2 nitrogen and oxygen atoms in total. The van der Waals surface area contributed by atoms with E-state index in [1.54, 1.807) is 6.20 Å². The molecule has 0 fully saturated rings. The molecule has 1 heterocycles. The van der Waals surface area contributed by atoms with Crippen LogP contribution < -0.4 is 4.74 Å². The minimum atomic E-state index is 0.622. The lowest BCUT2D eigenvalue weighted by Gasteiger charge is -2.06. The molecule has 0 aliphatic rings. The van der Waals surface area contributed by atoms with Crippen LogP contribution in [0.1, 0.15) is 0 Å². The highest BCUT2D eigenvalue weighted by Crippen LogP contribution is 2.23. The van der Waals surface area contributed by atoms with Crippen LogP contribution in [-0.4, -0.2) is 17.3 Å². The number of rotatable bonds is 3. The van der Waals surface area contributed by atoms with E-state index < -0.39 is 0 Å². The molecule has 3 heteroatoms. The van der Waals surface area contributed by atoms with Crippen LogP contribution in [-0.2, 0) is 0 Å². The Morgan fingerprint density at radius 2 is 2.14 bits per heavy atom. The van der Waals surface area contributed by atoms with Crippen molar-refractivity contribution in [2.24, 2.45) is 0 Å². The smallest absolute Gasteiger partial charge is 0.128 e. The molecule has 0 aliphatic heterocycles. The van der Waals surface area contributed by atoms with Gasteiger partial charge in [-0.15, -0.1) is 0 Å². The molecule has 0 radical (unpaired) electrons. The van der Waals surface area contributed by atoms with Crippen LogP contribution in [0.15, 0.2) is 36.5 Å². The molecule has 1 aromatic heterocycles. The summed E-state index contributed by atoms with van der Waals surface area (Å²) in [7, 11) is 0. The average molecular weight is 205 g/mol. The molecule has 14 heavy (non-hydrogen) atoms. The molecule has 0 N–H and O–H groups in total. The molecule has 0 amide bonds. The molecular formula is C11H11NOS. The Bertz CT molecular complexity index is 425. The van der Waals surface area contributed by atoms with E-state index in [9.17, 15) is 0 Å². The van der Waals surface area contributed by atoms with E-state index in [-0.39, 0.29) is 0 Å². The zero-order valence-electron chi connectivity index (χ0n) is 7.68. The Hall–Kier alpha value is -1.22. The van der Waals surface area contributed by atoms with Crippen molar-refractivity contribution < 1.29 is 4.74 Å². The molecule has 0 atom stereocenters. The van der Waals surface area contributed by atoms with Gasteiger partial charge in [-0.05, 0) is 24.3 Å². The van der Waals surface area contributed by atoms with Gasteiger partial charge in [0.15, 0.2) is 0 Å². The number of hydrogen-bond acceptors (Lipinski definition) is 3. The van der Waals surface area contributed by atoms with E-state index >= 15 is 0 Å². The van der Waals surface area contributed by atoms with Crippen molar-refractivity contribution in [2.45, 2.75) is 0 Å². The first-order valence-electron chi connectivity index (χ1n) is 4.49. The summed E-state index contributed by atoms with van der Waals surface area (Å²) in [6, 6.07) is 9.80. The van der Waals surface area contributed by atoms with Crippen LogP contribution in [0, 0.1) is 0 Å². The lowest BCUT2D eigenvalue weighted by atomic mass is 10.2. The van der Waals surface area contributed by atoms with Gasteiger partial charge in [0.05, 0.1) is 12.1 Å². The van der Waals surface area contributed by atoms with Gasteiger partial charge in [0.1, 0.15) is 5.75 Å². The number of aromatic nitrogens is 1. The van der Waals surface area contributed by atoms with Gasteiger partial charge in [-0.1, -0.05) is 6.07 Å². The van der Waals surface area contributed by atoms with E-state index in [0.29, 0.717) is 6.61 Å². The lowest BCUT2D eigenvalue weighted by Crippen LogP contribution is -1.98. The van der Waals surface area contributed by atoms with Crippen molar-refractivity contribution in [3.8, 4) is 5.75 Å². The summed E-state index contributed by atoms with van der Waals surface area (Å²) >= 11 is 4.10. The minimum Gasteiger partial charge on any atom is -0.492 e. The maximum absolute atomic E-state index is 5.55. The fourth-order valence-corrected chi connectivity index (χ4v) is 1.45.